The second kappa shape index (κ2) is 6.36. The van der Waals surface area contributed by atoms with Gasteiger partial charge in [0.2, 0.25) is 5.91 Å². The molecule has 1 aliphatic heterocycles. The van der Waals surface area contributed by atoms with Crippen LogP contribution in [0, 0.1) is 5.92 Å². The summed E-state index contributed by atoms with van der Waals surface area (Å²) in [6.07, 6.45) is 3.88. The third-order valence-electron chi connectivity index (χ3n) is 3.55. The van der Waals surface area contributed by atoms with Crippen LogP contribution in [0.5, 0.6) is 0 Å². The van der Waals surface area contributed by atoms with Crippen molar-refractivity contribution in [2.24, 2.45) is 5.92 Å². The number of carbonyl (C=O) groups is 1. The van der Waals surface area contributed by atoms with Gasteiger partial charge in [0, 0.05) is 25.6 Å². The van der Waals surface area contributed by atoms with Crippen molar-refractivity contribution in [2.45, 2.75) is 45.1 Å². The van der Waals surface area contributed by atoms with Crippen LogP contribution >= 0.6 is 0 Å². The highest BCUT2D eigenvalue weighted by Gasteiger charge is 2.34. The maximum Gasteiger partial charge on any atom is 0.222 e. The molecule has 1 heterocycles. The Morgan fingerprint density at radius 1 is 1.59 bits per heavy atom. The van der Waals surface area contributed by atoms with Gasteiger partial charge in [-0.1, -0.05) is 26.7 Å². The predicted molar refractivity (Wildman–Crippen MR) is 68.8 cm³/mol. The molecule has 0 radical (unpaired) electrons. The Hall–Kier alpha value is -0.610. The fraction of sp³-hybridized carbons (Fsp3) is 0.923. The van der Waals surface area contributed by atoms with Gasteiger partial charge in [-0.05, 0) is 19.9 Å². The smallest absolute Gasteiger partial charge is 0.222 e. The standard InChI is InChI=1S/C13H26N2O2/c1-4-5-6-11(2)12(16)14-9-13(17)7-8-15(3)10-13/h11,17H,4-10H2,1-3H3,(H,14,16)/t11-,13-/m1/s1. The van der Waals surface area contributed by atoms with E-state index in [1.54, 1.807) is 0 Å². The second-order valence-electron chi connectivity index (χ2n) is 5.47. The lowest BCUT2D eigenvalue weighted by Gasteiger charge is -2.23. The largest absolute Gasteiger partial charge is 0.387 e. The first-order valence-electron chi connectivity index (χ1n) is 6.65. The average molecular weight is 242 g/mol. The molecular formula is C13H26N2O2. The number of likely N-dealkylation sites (N-methyl/N-ethyl adjacent to an activating group) is 1. The number of nitrogens with one attached hydrogen (secondary N) is 1. The molecule has 0 saturated carbocycles. The van der Waals surface area contributed by atoms with Gasteiger partial charge in [0.1, 0.15) is 0 Å². The normalized spacial score (nSPS) is 27.1. The second-order valence-corrected chi connectivity index (χ2v) is 5.47. The van der Waals surface area contributed by atoms with Gasteiger partial charge in [-0.2, -0.15) is 0 Å². The van der Waals surface area contributed by atoms with E-state index in [1.165, 1.54) is 0 Å². The molecule has 1 aliphatic rings. The molecule has 0 aliphatic carbocycles. The number of β-amino-alcohol motifs (C(OH)–C–C–N with tert-alkyl or cyclic N) is 1. The summed E-state index contributed by atoms with van der Waals surface area (Å²) >= 11 is 0. The fourth-order valence-corrected chi connectivity index (χ4v) is 2.27. The molecule has 1 saturated heterocycles. The molecule has 2 N–H and O–H groups in total. The number of rotatable bonds is 6. The van der Waals surface area contributed by atoms with Crippen molar-refractivity contribution in [3.05, 3.63) is 0 Å². The number of carbonyl (C=O) groups excluding carboxylic acids is 1. The molecule has 0 aromatic heterocycles. The van der Waals surface area contributed by atoms with Crippen molar-refractivity contribution >= 4 is 5.91 Å². The Morgan fingerprint density at radius 3 is 2.82 bits per heavy atom. The van der Waals surface area contributed by atoms with Gasteiger partial charge < -0.3 is 15.3 Å². The van der Waals surface area contributed by atoms with Crippen LogP contribution in [0.4, 0.5) is 0 Å². The number of aliphatic hydroxyl groups is 1. The first-order chi connectivity index (χ1) is 7.97. The fourth-order valence-electron chi connectivity index (χ4n) is 2.27. The number of nitrogens with zero attached hydrogens (tertiary/aromatic N) is 1. The third-order valence-corrected chi connectivity index (χ3v) is 3.55. The maximum atomic E-state index is 11.8. The summed E-state index contributed by atoms with van der Waals surface area (Å²) in [6.45, 7) is 6.01. The van der Waals surface area contributed by atoms with Crippen LogP contribution in [-0.4, -0.2) is 48.2 Å². The van der Waals surface area contributed by atoms with Gasteiger partial charge in [0.25, 0.3) is 0 Å². The lowest BCUT2D eigenvalue weighted by Crippen LogP contribution is -2.45. The zero-order valence-corrected chi connectivity index (χ0v) is 11.3. The van der Waals surface area contributed by atoms with Gasteiger partial charge >= 0.3 is 0 Å². The summed E-state index contributed by atoms with van der Waals surface area (Å²) in [6, 6.07) is 0. The van der Waals surface area contributed by atoms with Crippen molar-refractivity contribution < 1.29 is 9.90 Å². The Bertz CT molecular complexity index is 258. The van der Waals surface area contributed by atoms with E-state index in [0.29, 0.717) is 13.1 Å². The predicted octanol–water partition coefficient (Wildman–Crippen LogP) is 0.995. The molecule has 17 heavy (non-hydrogen) atoms. The Kier molecular flexibility index (Phi) is 5.40. The van der Waals surface area contributed by atoms with E-state index in [9.17, 15) is 9.90 Å². The number of amides is 1. The lowest BCUT2D eigenvalue weighted by atomic mass is 10.0. The molecule has 2 atom stereocenters. The molecule has 0 aromatic carbocycles. The van der Waals surface area contributed by atoms with Crippen LogP contribution in [0.25, 0.3) is 0 Å². The van der Waals surface area contributed by atoms with E-state index in [2.05, 4.69) is 17.1 Å². The summed E-state index contributed by atoms with van der Waals surface area (Å²) < 4.78 is 0. The Morgan fingerprint density at radius 2 is 2.29 bits per heavy atom. The summed E-state index contributed by atoms with van der Waals surface area (Å²) in [4.78, 5) is 13.9. The lowest BCUT2D eigenvalue weighted by molar-refractivity contribution is -0.125. The zero-order valence-electron chi connectivity index (χ0n) is 11.3. The highest BCUT2D eigenvalue weighted by atomic mass is 16.3. The molecule has 100 valence electrons. The summed E-state index contributed by atoms with van der Waals surface area (Å²) in [5, 5.41) is 13.1. The van der Waals surface area contributed by atoms with Crippen LogP contribution in [0.1, 0.15) is 39.5 Å². The number of hydrogen-bond acceptors (Lipinski definition) is 3. The van der Waals surface area contributed by atoms with Gasteiger partial charge in [-0.3, -0.25) is 4.79 Å². The SMILES string of the molecule is CCCC[C@@H](C)C(=O)NC[C@]1(O)CCN(C)C1. The first kappa shape index (κ1) is 14.5. The number of unbranched alkanes of at least 4 members (excludes halogenated alkanes) is 1. The minimum absolute atomic E-state index is 0.0534. The van der Waals surface area contributed by atoms with Crippen LogP contribution < -0.4 is 5.32 Å². The zero-order chi connectivity index (χ0) is 12.9. The molecule has 0 spiro atoms. The highest BCUT2D eigenvalue weighted by Crippen LogP contribution is 2.19. The molecule has 0 unspecified atom stereocenters. The minimum Gasteiger partial charge on any atom is -0.387 e. The van der Waals surface area contributed by atoms with E-state index < -0.39 is 5.60 Å². The van der Waals surface area contributed by atoms with E-state index in [1.807, 2.05) is 14.0 Å². The van der Waals surface area contributed by atoms with Gasteiger partial charge in [-0.25, -0.2) is 0 Å². The van der Waals surface area contributed by atoms with Crippen LogP contribution in [0.2, 0.25) is 0 Å². The quantitative estimate of drug-likeness (QED) is 0.730. The molecular weight excluding hydrogens is 216 g/mol. The third kappa shape index (κ3) is 4.64. The molecule has 0 bridgehead atoms. The van der Waals surface area contributed by atoms with E-state index in [0.717, 1.165) is 32.2 Å². The summed E-state index contributed by atoms with van der Waals surface area (Å²) in [7, 11) is 1.99. The molecule has 0 aromatic rings. The van der Waals surface area contributed by atoms with Crippen molar-refractivity contribution in [1.82, 2.24) is 10.2 Å². The van der Waals surface area contributed by atoms with E-state index in [4.69, 9.17) is 0 Å². The first-order valence-corrected chi connectivity index (χ1v) is 6.65. The molecule has 4 heteroatoms. The Labute approximate surface area is 104 Å². The van der Waals surface area contributed by atoms with Crippen molar-refractivity contribution in [3.8, 4) is 0 Å². The van der Waals surface area contributed by atoms with Crippen molar-refractivity contribution in [2.75, 3.05) is 26.7 Å². The maximum absolute atomic E-state index is 11.8. The summed E-state index contributed by atoms with van der Waals surface area (Å²) in [5.74, 6) is 0.124. The molecule has 1 rings (SSSR count). The van der Waals surface area contributed by atoms with E-state index in [-0.39, 0.29) is 11.8 Å². The average Bonchev–Trinajstić information content (AvgIpc) is 2.63. The van der Waals surface area contributed by atoms with Gasteiger partial charge in [-0.15, -0.1) is 0 Å². The van der Waals surface area contributed by atoms with Gasteiger partial charge in [0.05, 0.1) is 5.60 Å². The number of hydrogen-bond donors (Lipinski definition) is 2. The highest BCUT2D eigenvalue weighted by molar-refractivity contribution is 5.78. The van der Waals surface area contributed by atoms with Crippen LogP contribution in [-0.2, 0) is 4.79 Å². The van der Waals surface area contributed by atoms with Crippen molar-refractivity contribution in [3.63, 3.8) is 0 Å². The molecule has 1 amide bonds. The van der Waals surface area contributed by atoms with Gasteiger partial charge in [0.15, 0.2) is 0 Å². The number of likely N-dealkylation sites (tertiary alicyclic amines) is 1. The monoisotopic (exact) mass is 242 g/mol. The summed E-state index contributed by atoms with van der Waals surface area (Å²) in [5.41, 5.74) is -0.727. The Balaban J connectivity index is 2.27. The minimum atomic E-state index is -0.727. The van der Waals surface area contributed by atoms with Crippen molar-refractivity contribution in [1.29, 1.82) is 0 Å². The topological polar surface area (TPSA) is 52.6 Å². The molecule has 4 nitrogen and oxygen atoms in total. The molecule has 1 fully saturated rings. The van der Waals surface area contributed by atoms with Crippen LogP contribution in [0.3, 0.4) is 0 Å². The van der Waals surface area contributed by atoms with E-state index >= 15 is 0 Å². The van der Waals surface area contributed by atoms with Crippen LogP contribution in [0.15, 0.2) is 0 Å².